The van der Waals surface area contributed by atoms with E-state index in [4.69, 9.17) is 9.26 Å². The first kappa shape index (κ1) is 22.3. The SMILES string of the molecule is CCc1ccc(N2CC(C(=O)Nc3c(/C=C/c4ccc(OC)cc4)noc3C)CC2=O)cc1. The van der Waals surface area contributed by atoms with Crippen molar-refractivity contribution in [1.82, 2.24) is 5.16 Å². The van der Waals surface area contributed by atoms with Crippen molar-refractivity contribution < 1.29 is 18.8 Å². The van der Waals surface area contributed by atoms with E-state index in [0.717, 1.165) is 23.4 Å². The summed E-state index contributed by atoms with van der Waals surface area (Å²) >= 11 is 0. The van der Waals surface area contributed by atoms with E-state index >= 15 is 0 Å². The van der Waals surface area contributed by atoms with Crippen LogP contribution < -0.4 is 15.0 Å². The largest absolute Gasteiger partial charge is 0.497 e. The summed E-state index contributed by atoms with van der Waals surface area (Å²) in [5, 5.41) is 6.98. The number of aromatic nitrogens is 1. The highest BCUT2D eigenvalue weighted by Gasteiger charge is 2.35. The van der Waals surface area contributed by atoms with Crippen LogP contribution in [0, 0.1) is 12.8 Å². The van der Waals surface area contributed by atoms with Crippen molar-refractivity contribution in [3.05, 3.63) is 71.1 Å². The molecule has 2 amide bonds. The van der Waals surface area contributed by atoms with E-state index in [2.05, 4.69) is 17.4 Å². The molecule has 3 aromatic rings. The Hall–Kier alpha value is -3.87. The van der Waals surface area contributed by atoms with Crippen LogP contribution in [-0.2, 0) is 16.0 Å². The summed E-state index contributed by atoms with van der Waals surface area (Å²) in [6, 6.07) is 15.5. The lowest BCUT2D eigenvalue weighted by Gasteiger charge is -2.17. The summed E-state index contributed by atoms with van der Waals surface area (Å²) < 4.78 is 10.5. The molecule has 0 bridgehead atoms. The summed E-state index contributed by atoms with van der Waals surface area (Å²) in [4.78, 5) is 27.2. The number of hydrogen-bond donors (Lipinski definition) is 1. The van der Waals surface area contributed by atoms with Crippen molar-refractivity contribution in [2.45, 2.75) is 26.7 Å². The molecule has 1 aromatic heterocycles. The zero-order valence-corrected chi connectivity index (χ0v) is 19.0. The number of nitrogens with zero attached hydrogens (tertiary/aromatic N) is 2. The lowest BCUT2D eigenvalue weighted by atomic mass is 10.1. The molecule has 0 radical (unpaired) electrons. The van der Waals surface area contributed by atoms with Gasteiger partial charge >= 0.3 is 0 Å². The summed E-state index contributed by atoms with van der Waals surface area (Å²) in [6.45, 7) is 4.18. The molecule has 0 spiro atoms. The highest BCUT2D eigenvalue weighted by Crippen LogP contribution is 2.28. The Labute approximate surface area is 193 Å². The topological polar surface area (TPSA) is 84.7 Å². The second-order valence-corrected chi connectivity index (χ2v) is 8.02. The number of amides is 2. The highest BCUT2D eigenvalue weighted by atomic mass is 16.5. The van der Waals surface area contributed by atoms with Crippen LogP contribution >= 0.6 is 0 Å². The molecule has 170 valence electrons. The van der Waals surface area contributed by atoms with Gasteiger partial charge in [0, 0.05) is 18.7 Å². The molecular formula is C26H27N3O4. The first-order chi connectivity index (χ1) is 16.0. The van der Waals surface area contributed by atoms with Crippen LogP contribution in [0.5, 0.6) is 5.75 Å². The number of benzene rings is 2. The zero-order valence-electron chi connectivity index (χ0n) is 19.0. The third kappa shape index (κ3) is 4.98. The van der Waals surface area contributed by atoms with Gasteiger partial charge < -0.3 is 19.5 Å². The number of ether oxygens (including phenoxy) is 1. The monoisotopic (exact) mass is 445 g/mol. The van der Waals surface area contributed by atoms with E-state index in [1.807, 2.05) is 54.6 Å². The van der Waals surface area contributed by atoms with Gasteiger partial charge in [-0.2, -0.15) is 0 Å². The molecule has 7 heteroatoms. The van der Waals surface area contributed by atoms with Gasteiger partial charge in [-0.3, -0.25) is 9.59 Å². The second-order valence-electron chi connectivity index (χ2n) is 8.02. The first-order valence-electron chi connectivity index (χ1n) is 11.0. The molecule has 2 aromatic carbocycles. The van der Waals surface area contributed by atoms with E-state index in [0.29, 0.717) is 23.7 Å². The van der Waals surface area contributed by atoms with Gasteiger partial charge in [0.1, 0.15) is 17.1 Å². The van der Waals surface area contributed by atoms with Crippen molar-refractivity contribution >= 4 is 35.3 Å². The average Bonchev–Trinajstić information content (AvgIpc) is 3.40. The van der Waals surface area contributed by atoms with Gasteiger partial charge in [-0.05, 0) is 54.8 Å². The Morgan fingerprint density at radius 1 is 1.18 bits per heavy atom. The number of carbonyl (C=O) groups is 2. The van der Waals surface area contributed by atoms with Crippen LogP contribution in [0.25, 0.3) is 12.2 Å². The number of nitrogens with one attached hydrogen (secondary N) is 1. The zero-order chi connectivity index (χ0) is 23.4. The van der Waals surface area contributed by atoms with Gasteiger partial charge in [-0.15, -0.1) is 0 Å². The molecule has 0 aliphatic carbocycles. The Morgan fingerprint density at radius 2 is 1.91 bits per heavy atom. The quantitative estimate of drug-likeness (QED) is 0.569. The van der Waals surface area contributed by atoms with E-state index in [9.17, 15) is 9.59 Å². The first-order valence-corrected chi connectivity index (χ1v) is 11.0. The van der Waals surface area contributed by atoms with Gasteiger partial charge in [-0.25, -0.2) is 0 Å². The maximum atomic E-state index is 13.0. The van der Waals surface area contributed by atoms with E-state index < -0.39 is 5.92 Å². The molecule has 0 saturated carbocycles. The van der Waals surface area contributed by atoms with Crippen molar-refractivity contribution in [1.29, 1.82) is 0 Å². The Balaban J connectivity index is 1.44. The fourth-order valence-corrected chi connectivity index (χ4v) is 3.81. The summed E-state index contributed by atoms with van der Waals surface area (Å²) in [5.74, 6) is 0.562. The predicted molar refractivity (Wildman–Crippen MR) is 128 cm³/mol. The van der Waals surface area contributed by atoms with Crippen LogP contribution in [0.2, 0.25) is 0 Å². The molecule has 1 N–H and O–H groups in total. The van der Waals surface area contributed by atoms with Crippen LogP contribution in [0.4, 0.5) is 11.4 Å². The average molecular weight is 446 g/mol. The van der Waals surface area contributed by atoms with Gasteiger partial charge in [0.15, 0.2) is 5.76 Å². The van der Waals surface area contributed by atoms with Gasteiger partial charge in [-0.1, -0.05) is 42.4 Å². The highest BCUT2D eigenvalue weighted by molar-refractivity contribution is 6.04. The Bertz CT molecular complexity index is 1160. The van der Waals surface area contributed by atoms with Crippen LogP contribution in [0.15, 0.2) is 53.1 Å². The standard InChI is InChI=1S/C26H27N3O4/c1-4-18-5-10-21(11-6-18)29-16-20(15-24(29)30)26(31)27-25-17(2)33-28-23(25)14-9-19-7-12-22(32-3)13-8-19/h5-14,20H,4,15-16H2,1-3H3,(H,27,31)/b14-9+. The Kier molecular flexibility index (Phi) is 6.58. The number of carbonyl (C=O) groups excluding carboxylic acids is 2. The third-order valence-electron chi connectivity index (χ3n) is 5.84. The smallest absolute Gasteiger partial charge is 0.229 e. The molecule has 4 rings (SSSR count). The van der Waals surface area contributed by atoms with Gasteiger partial charge in [0.2, 0.25) is 11.8 Å². The van der Waals surface area contributed by atoms with Crippen LogP contribution in [0.3, 0.4) is 0 Å². The lowest BCUT2D eigenvalue weighted by Crippen LogP contribution is -2.28. The molecule has 1 saturated heterocycles. The third-order valence-corrected chi connectivity index (χ3v) is 5.84. The molecule has 1 fully saturated rings. The van der Waals surface area contributed by atoms with Crippen molar-refractivity contribution in [2.24, 2.45) is 5.92 Å². The minimum absolute atomic E-state index is 0.0546. The molecule has 1 atom stereocenters. The summed E-state index contributed by atoms with van der Waals surface area (Å²) in [7, 11) is 1.62. The molecule has 33 heavy (non-hydrogen) atoms. The van der Waals surface area contributed by atoms with E-state index in [1.54, 1.807) is 25.0 Å². The predicted octanol–water partition coefficient (Wildman–Crippen LogP) is 4.72. The van der Waals surface area contributed by atoms with Gasteiger partial charge in [0.05, 0.1) is 13.0 Å². The number of hydrogen-bond acceptors (Lipinski definition) is 5. The molecule has 7 nitrogen and oxygen atoms in total. The van der Waals surface area contributed by atoms with E-state index in [1.165, 1.54) is 5.56 Å². The number of methoxy groups -OCH3 is 1. The minimum Gasteiger partial charge on any atom is -0.497 e. The maximum Gasteiger partial charge on any atom is 0.229 e. The fourth-order valence-electron chi connectivity index (χ4n) is 3.81. The molecule has 2 heterocycles. The summed E-state index contributed by atoms with van der Waals surface area (Å²) in [6.07, 6.45) is 4.78. The summed E-state index contributed by atoms with van der Waals surface area (Å²) in [5.41, 5.74) is 4.02. The van der Waals surface area contributed by atoms with Crippen molar-refractivity contribution in [3.63, 3.8) is 0 Å². The molecule has 1 aliphatic rings. The van der Waals surface area contributed by atoms with Gasteiger partial charge in [0.25, 0.3) is 0 Å². The normalized spacial score (nSPS) is 15.9. The number of anilines is 2. The lowest BCUT2D eigenvalue weighted by molar-refractivity contribution is -0.122. The number of rotatable bonds is 7. The number of aryl methyl sites for hydroxylation is 2. The van der Waals surface area contributed by atoms with Crippen LogP contribution in [-0.4, -0.2) is 30.6 Å². The second kappa shape index (κ2) is 9.73. The van der Waals surface area contributed by atoms with Crippen molar-refractivity contribution in [2.75, 3.05) is 23.9 Å². The minimum atomic E-state index is -0.448. The fraction of sp³-hybridized carbons (Fsp3) is 0.269. The molecular weight excluding hydrogens is 418 g/mol. The van der Waals surface area contributed by atoms with Crippen LogP contribution in [0.1, 0.15) is 35.9 Å². The Morgan fingerprint density at radius 3 is 2.58 bits per heavy atom. The molecule has 1 unspecified atom stereocenters. The maximum absolute atomic E-state index is 13.0. The van der Waals surface area contributed by atoms with E-state index in [-0.39, 0.29) is 18.2 Å². The molecule has 1 aliphatic heterocycles. The van der Waals surface area contributed by atoms with Crippen molar-refractivity contribution in [3.8, 4) is 5.75 Å².